The van der Waals surface area contributed by atoms with E-state index in [9.17, 15) is 9.59 Å². The zero-order valence-corrected chi connectivity index (χ0v) is 10.5. The Morgan fingerprint density at radius 2 is 1.79 bits per heavy atom. The van der Waals surface area contributed by atoms with Crippen molar-refractivity contribution in [1.82, 2.24) is 10.2 Å². The topological polar surface area (TPSA) is 124 Å². The van der Waals surface area contributed by atoms with Crippen LogP contribution in [0, 0.1) is 5.92 Å². The Bertz CT molecular complexity index is 466. The Morgan fingerprint density at radius 1 is 1.11 bits per heavy atom. The van der Waals surface area contributed by atoms with Crippen molar-refractivity contribution in [1.29, 1.82) is 0 Å². The van der Waals surface area contributed by atoms with Crippen LogP contribution < -0.4 is 16.8 Å². The van der Waals surface area contributed by atoms with Crippen molar-refractivity contribution >= 4 is 17.6 Å². The second-order valence-electron chi connectivity index (χ2n) is 4.76. The minimum Gasteiger partial charge on any atom is -0.369 e. The lowest BCUT2D eigenvalue weighted by Gasteiger charge is -2.27. The van der Waals surface area contributed by atoms with Crippen LogP contribution in [0.15, 0.2) is 12.1 Å². The molecular formula is C12H17N5O2. The average Bonchev–Trinajstić information content (AvgIpc) is 2.40. The van der Waals surface area contributed by atoms with E-state index < -0.39 is 5.91 Å². The van der Waals surface area contributed by atoms with Crippen LogP contribution in [-0.2, 0) is 4.79 Å². The lowest BCUT2D eigenvalue weighted by molar-refractivity contribution is -0.122. The molecule has 1 aliphatic carbocycles. The van der Waals surface area contributed by atoms with Gasteiger partial charge in [-0.05, 0) is 37.8 Å². The summed E-state index contributed by atoms with van der Waals surface area (Å²) < 4.78 is 0. The van der Waals surface area contributed by atoms with Gasteiger partial charge in [0.2, 0.25) is 5.91 Å². The number of hydrogen-bond acceptors (Lipinski definition) is 5. The van der Waals surface area contributed by atoms with Crippen LogP contribution in [0.4, 0.5) is 5.82 Å². The third kappa shape index (κ3) is 3.40. The number of primary amides is 2. The third-order valence-corrected chi connectivity index (χ3v) is 3.40. The highest BCUT2D eigenvalue weighted by Gasteiger charge is 2.24. The fraction of sp³-hybridized carbons (Fsp3) is 0.500. The zero-order valence-electron chi connectivity index (χ0n) is 10.5. The molecule has 0 unspecified atom stereocenters. The maximum Gasteiger partial charge on any atom is 0.269 e. The summed E-state index contributed by atoms with van der Waals surface area (Å²) in [5, 5.41) is 10.8. The number of rotatable bonds is 4. The molecule has 2 rings (SSSR count). The molecule has 0 radical (unpaired) electrons. The van der Waals surface area contributed by atoms with E-state index in [1.165, 1.54) is 6.07 Å². The van der Waals surface area contributed by atoms with Crippen LogP contribution in [0.5, 0.6) is 0 Å². The first-order valence-electron chi connectivity index (χ1n) is 6.25. The van der Waals surface area contributed by atoms with Gasteiger partial charge in [0, 0.05) is 12.0 Å². The maximum absolute atomic E-state index is 11.1. The van der Waals surface area contributed by atoms with Gasteiger partial charge in [0.1, 0.15) is 5.82 Å². The minimum atomic E-state index is -0.596. The van der Waals surface area contributed by atoms with Crippen molar-refractivity contribution in [2.75, 3.05) is 5.32 Å². The first-order valence-corrected chi connectivity index (χ1v) is 6.25. The Hall–Kier alpha value is -2.18. The van der Waals surface area contributed by atoms with E-state index in [4.69, 9.17) is 11.5 Å². The molecule has 19 heavy (non-hydrogen) atoms. The molecule has 1 aromatic rings. The number of nitrogens with zero attached hydrogens (tertiary/aromatic N) is 2. The molecule has 102 valence electrons. The van der Waals surface area contributed by atoms with E-state index in [0.29, 0.717) is 5.82 Å². The van der Waals surface area contributed by atoms with Gasteiger partial charge in [0.15, 0.2) is 5.69 Å². The van der Waals surface area contributed by atoms with Crippen molar-refractivity contribution in [2.24, 2.45) is 17.4 Å². The zero-order chi connectivity index (χ0) is 13.8. The largest absolute Gasteiger partial charge is 0.369 e. The number of aromatic nitrogens is 2. The number of nitrogens with one attached hydrogen (secondary N) is 1. The van der Waals surface area contributed by atoms with E-state index in [1.54, 1.807) is 6.07 Å². The van der Waals surface area contributed by atoms with Crippen LogP contribution in [0.2, 0.25) is 0 Å². The highest BCUT2D eigenvalue weighted by molar-refractivity contribution is 5.90. The molecule has 0 aliphatic heterocycles. The molecule has 1 saturated carbocycles. The summed E-state index contributed by atoms with van der Waals surface area (Å²) in [6.07, 6.45) is 3.32. The predicted molar refractivity (Wildman–Crippen MR) is 69.1 cm³/mol. The van der Waals surface area contributed by atoms with Gasteiger partial charge in [-0.15, -0.1) is 10.2 Å². The summed E-state index contributed by atoms with van der Waals surface area (Å²) in [5.41, 5.74) is 10.5. The quantitative estimate of drug-likeness (QED) is 0.707. The lowest BCUT2D eigenvalue weighted by Crippen LogP contribution is -2.32. The Balaban J connectivity index is 1.88. The molecule has 1 fully saturated rings. The van der Waals surface area contributed by atoms with E-state index in [0.717, 1.165) is 25.7 Å². The van der Waals surface area contributed by atoms with Crippen molar-refractivity contribution < 1.29 is 9.59 Å². The maximum atomic E-state index is 11.1. The second-order valence-corrected chi connectivity index (χ2v) is 4.76. The van der Waals surface area contributed by atoms with Crippen molar-refractivity contribution in [3.63, 3.8) is 0 Å². The Morgan fingerprint density at radius 3 is 2.26 bits per heavy atom. The van der Waals surface area contributed by atoms with Crippen LogP contribution in [-0.4, -0.2) is 28.1 Å². The van der Waals surface area contributed by atoms with Gasteiger partial charge in [0.25, 0.3) is 5.91 Å². The summed E-state index contributed by atoms with van der Waals surface area (Å²) in [5.74, 6) is -0.223. The summed E-state index contributed by atoms with van der Waals surface area (Å²) in [7, 11) is 0. The fourth-order valence-corrected chi connectivity index (χ4v) is 2.27. The predicted octanol–water partition coefficient (Wildman–Crippen LogP) is 0.0315. The number of nitrogens with two attached hydrogens (primary N) is 2. The molecule has 0 saturated heterocycles. The number of carbonyl (C=O) groups is 2. The summed E-state index contributed by atoms with van der Waals surface area (Å²) >= 11 is 0. The molecule has 2 amide bonds. The van der Waals surface area contributed by atoms with E-state index >= 15 is 0 Å². The first kappa shape index (κ1) is 13.3. The van der Waals surface area contributed by atoms with E-state index in [2.05, 4.69) is 15.5 Å². The third-order valence-electron chi connectivity index (χ3n) is 3.40. The lowest BCUT2D eigenvalue weighted by atomic mass is 9.85. The summed E-state index contributed by atoms with van der Waals surface area (Å²) in [6.45, 7) is 0. The highest BCUT2D eigenvalue weighted by atomic mass is 16.1. The Labute approximate surface area is 110 Å². The van der Waals surface area contributed by atoms with Crippen LogP contribution in [0.3, 0.4) is 0 Å². The average molecular weight is 263 g/mol. The number of hydrogen-bond donors (Lipinski definition) is 3. The van der Waals surface area contributed by atoms with Crippen molar-refractivity contribution in [3.8, 4) is 0 Å². The molecule has 5 N–H and O–H groups in total. The van der Waals surface area contributed by atoms with Gasteiger partial charge in [-0.1, -0.05) is 0 Å². The van der Waals surface area contributed by atoms with Gasteiger partial charge >= 0.3 is 0 Å². The number of anilines is 1. The molecular weight excluding hydrogens is 246 g/mol. The Kier molecular flexibility index (Phi) is 3.94. The molecule has 1 heterocycles. The number of amides is 2. The molecule has 1 aliphatic rings. The van der Waals surface area contributed by atoms with Gasteiger partial charge < -0.3 is 16.8 Å². The second kappa shape index (κ2) is 5.64. The molecule has 0 spiro atoms. The molecule has 0 atom stereocenters. The van der Waals surface area contributed by atoms with Crippen molar-refractivity contribution in [3.05, 3.63) is 17.8 Å². The molecule has 1 aromatic heterocycles. The summed E-state index contributed by atoms with van der Waals surface area (Å²) in [4.78, 5) is 21.9. The van der Waals surface area contributed by atoms with E-state index in [1.807, 2.05) is 0 Å². The highest BCUT2D eigenvalue weighted by Crippen LogP contribution is 2.25. The monoisotopic (exact) mass is 263 g/mol. The van der Waals surface area contributed by atoms with Gasteiger partial charge in [0.05, 0.1) is 0 Å². The molecule has 0 aromatic carbocycles. The standard InChI is InChI=1S/C12H17N5O2/c13-11(18)7-1-3-8(4-2-7)15-10-6-5-9(12(14)19)16-17-10/h5-8H,1-4H2,(H2,13,18)(H2,14,19)(H,15,17). The fourth-order valence-electron chi connectivity index (χ4n) is 2.27. The van der Waals surface area contributed by atoms with Crippen molar-refractivity contribution in [2.45, 2.75) is 31.7 Å². The van der Waals surface area contributed by atoms with Gasteiger partial charge in [-0.2, -0.15) is 0 Å². The van der Waals surface area contributed by atoms with Crippen LogP contribution in [0.1, 0.15) is 36.2 Å². The van der Waals surface area contributed by atoms with Crippen LogP contribution >= 0.6 is 0 Å². The van der Waals surface area contributed by atoms with E-state index in [-0.39, 0.29) is 23.6 Å². The minimum absolute atomic E-state index is 0.0126. The normalized spacial score (nSPS) is 22.7. The van der Waals surface area contributed by atoms with Gasteiger partial charge in [-0.3, -0.25) is 9.59 Å². The molecule has 7 heteroatoms. The first-order chi connectivity index (χ1) is 9.06. The molecule has 7 nitrogen and oxygen atoms in total. The number of carbonyl (C=O) groups excluding carboxylic acids is 2. The SMILES string of the molecule is NC(=O)c1ccc(NC2CCC(C(N)=O)CC2)nn1. The summed E-state index contributed by atoms with van der Waals surface area (Å²) in [6, 6.07) is 3.46. The molecule has 0 bridgehead atoms. The smallest absolute Gasteiger partial charge is 0.269 e. The van der Waals surface area contributed by atoms with Gasteiger partial charge in [-0.25, -0.2) is 0 Å². The van der Waals surface area contributed by atoms with Crippen LogP contribution in [0.25, 0.3) is 0 Å².